The number of aryl methyl sites for hydroxylation is 2. The quantitative estimate of drug-likeness (QED) is 0.767. The molecule has 0 bridgehead atoms. The topological polar surface area (TPSA) is 41.4 Å². The SMILES string of the molecule is Cc1nccn1CCCC(=O)N(Cc1ccccc1)C1CCN(C)CC1. The van der Waals surface area contributed by atoms with Crippen molar-refractivity contribution in [1.82, 2.24) is 19.4 Å². The number of imidazole rings is 1. The standard InChI is InChI=1S/C21H30N4O/c1-18-22-12-16-24(18)13-6-9-21(26)25(17-19-7-4-3-5-8-19)20-10-14-23(2)15-11-20/h3-5,7-8,12,16,20H,6,9-11,13-15,17H2,1-2H3. The number of nitrogens with zero attached hydrogens (tertiary/aromatic N) is 4. The fourth-order valence-electron chi connectivity index (χ4n) is 3.69. The van der Waals surface area contributed by atoms with Gasteiger partial charge in [-0.1, -0.05) is 30.3 Å². The minimum Gasteiger partial charge on any atom is -0.335 e. The van der Waals surface area contributed by atoms with Crippen LogP contribution in [-0.2, 0) is 17.9 Å². The van der Waals surface area contributed by atoms with Crippen LogP contribution in [0.25, 0.3) is 0 Å². The van der Waals surface area contributed by atoms with E-state index in [1.165, 1.54) is 5.56 Å². The number of likely N-dealkylation sites (tertiary alicyclic amines) is 1. The predicted octanol–water partition coefficient (Wildman–Crippen LogP) is 3.09. The number of amides is 1. The van der Waals surface area contributed by atoms with Crippen LogP contribution in [0.15, 0.2) is 42.7 Å². The third kappa shape index (κ3) is 4.94. The van der Waals surface area contributed by atoms with Gasteiger partial charge in [-0.2, -0.15) is 0 Å². The van der Waals surface area contributed by atoms with E-state index in [2.05, 4.69) is 50.7 Å². The Morgan fingerprint density at radius 3 is 2.62 bits per heavy atom. The maximum Gasteiger partial charge on any atom is 0.223 e. The summed E-state index contributed by atoms with van der Waals surface area (Å²) in [5.74, 6) is 1.29. The van der Waals surface area contributed by atoms with Crippen molar-refractivity contribution in [1.29, 1.82) is 0 Å². The van der Waals surface area contributed by atoms with E-state index < -0.39 is 0 Å². The van der Waals surface area contributed by atoms with Crippen LogP contribution in [0.5, 0.6) is 0 Å². The van der Waals surface area contributed by atoms with Crippen molar-refractivity contribution >= 4 is 5.91 Å². The average Bonchev–Trinajstić information content (AvgIpc) is 3.06. The molecule has 0 radical (unpaired) electrons. The summed E-state index contributed by atoms with van der Waals surface area (Å²) in [6.45, 7) is 5.71. The Labute approximate surface area is 156 Å². The molecule has 5 nitrogen and oxygen atoms in total. The zero-order valence-corrected chi connectivity index (χ0v) is 16.0. The Morgan fingerprint density at radius 2 is 1.96 bits per heavy atom. The molecule has 26 heavy (non-hydrogen) atoms. The van der Waals surface area contributed by atoms with Crippen LogP contribution in [0, 0.1) is 6.92 Å². The summed E-state index contributed by atoms with van der Waals surface area (Å²) in [6.07, 6.45) is 7.38. The van der Waals surface area contributed by atoms with Gasteiger partial charge in [-0.05, 0) is 51.9 Å². The molecule has 3 rings (SSSR count). The van der Waals surface area contributed by atoms with Gasteiger partial charge in [0, 0.05) is 37.9 Å². The second-order valence-corrected chi connectivity index (χ2v) is 7.31. The molecule has 0 atom stereocenters. The van der Waals surface area contributed by atoms with Gasteiger partial charge in [0.15, 0.2) is 0 Å². The molecule has 2 heterocycles. The molecule has 0 aliphatic carbocycles. The number of carbonyl (C=O) groups excluding carboxylic acids is 1. The summed E-state index contributed by atoms with van der Waals surface area (Å²) >= 11 is 0. The molecule has 5 heteroatoms. The van der Waals surface area contributed by atoms with E-state index >= 15 is 0 Å². The molecular weight excluding hydrogens is 324 g/mol. The van der Waals surface area contributed by atoms with Crippen LogP contribution < -0.4 is 0 Å². The molecule has 1 saturated heterocycles. The second-order valence-electron chi connectivity index (χ2n) is 7.31. The lowest BCUT2D eigenvalue weighted by Gasteiger charge is -2.37. The average molecular weight is 354 g/mol. The number of carbonyl (C=O) groups is 1. The van der Waals surface area contributed by atoms with E-state index in [0.29, 0.717) is 12.5 Å². The van der Waals surface area contributed by atoms with Crippen molar-refractivity contribution < 1.29 is 4.79 Å². The summed E-state index contributed by atoms with van der Waals surface area (Å²) in [7, 11) is 2.16. The number of aromatic nitrogens is 2. The van der Waals surface area contributed by atoms with Crippen LogP contribution in [-0.4, -0.2) is 51.4 Å². The van der Waals surface area contributed by atoms with Crippen molar-refractivity contribution in [3.05, 3.63) is 54.1 Å². The van der Waals surface area contributed by atoms with Gasteiger partial charge in [0.05, 0.1) is 0 Å². The van der Waals surface area contributed by atoms with Gasteiger partial charge >= 0.3 is 0 Å². The number of rotatable bonds is 7. The summed E-state index contributed by atoms with van der Waals surface area (Å²) in [5, 5.41) is 0. The molecule has 1 amide bonds. The third-order valence-corrected chi connectivity index (χ3v) is 5.36. The predicted molar refractivity (Wildman–Crippen MR) is 104 cm³/mol. The van der Waals surface area contributed by atoms with Crippen molar-refractivity contribution in [3.8, 4) is 0 Å². The van der Waals surface area contributed by atoms with E-state index in [0.717, 1.165) is 51.3 Å². The highest BCUT2D eigenvalue weighted by Gasteiger charge is 2.26. The Balaban J connectivity index is 1.61. The van der Waals surface area contributed by atoms with E-state index in [1.54, 1.807) is 0 Å². The molecule has 1 aromatic carbocycles. The van der Waals surface area contributed by atoms with Gasteiger partial charge in [-0.3, -0.25) is 4.79 Å². The van der Waals surface area contributed by atoms with Gasteiger partial charge in [0.25, 0.3) is 0 Å². The molecular formula is C21H30N4O. The van der Waals surface area contributed by atoms with Gasteiger partial charge in [0.2, 0.25) is 5.91 Å². The Hall–Kier alpha value is -2.14. The molecule has 1 aliphatic rings. The molecule has 1 aliphatic heterocycles. The van der Waals surface area contributed by atoms with Crippen LogP contribution in [0.4, 0.5) is 0 Å². The summed E-state index contributed by atoms with van der Waals surface area (Å²) in [4.78, 5) is 21.8. The van der Waals surface area contributed by atoms with Crippen molar-refractivity contribution in [2.24, 2.45) is 0 Å². The van der Waals surface area contributed by atoms with E-state index in [1.807, 2.05) is 25.4 Å². The number of benzene rings is 1. The maximum atomic E-state index is 13.0. The Bertz CT molecular complexity index is 689. The maximum absolute atomic E-state index is 13.0. The molecule has 140 valence electrons. The monoisotopic (exact) mass is 354 g/mol. The minimum absolute atomic E-state index is 0.279. The van der Waals surface area contributed by atoms with Crippen LogP contribution in [0.3, 0.4) is 0 Å². The fraction of sp³-hybridized carbons (Fsp3) is 0.524. The lowest BCUT2D eigenvalue weighted by atomic mass is 10.0. The van der Waals surface area contributed by atoms with Crippen molar-refractivity contribution in [3.63, 3.8) is 0 Å². The molecule has 1 aromatic heterocycles. The highest BCUT2D eigenvalue weighted by atomic mass is 16.2. The molecule has 0 N–H and O–H groups in total. The molecule has 0 saturated carbocycles. The first kappa shape index (κ1) is 18.6. The first-order chi connectivity index (χ1) is 12.6. The van der Waals surface area contributed by atoms with Gasteiger partial charge in [-0.25, -0.2) is 4.98 Å². The second kappa shape index (κ2) is 8.99. The number of hydrogen-bond acceptors (Lipinski definition) is 3. The highest BCUT2D eigenvalue weighted by molar-refractivity contribution is 5.76. The van der Waals surface area contributed by atoms with Crippen LogP contribution in [0.2, 0.25) is 0 Å². The minimum atomic E-state index is 0.279. The third-order valence-electron chi connectivity index (χ3n) is 5.36. The number of piperidine rings is 1. The van der Waals surface area contributed by atoms with E-state index in [4.69, 9.17) is 0 Å². The zero-order chi connectivity index (χ0) is 18.4. The first-order valence-corrected chi connectivity index (χ1v) is 9.63. The van der Waals surface area contributed by atoms with Gasteiger partial charge in [-0.15, -0.1) is 0 Å². The normalized spacial score (nSPS) is 15.9. The van der Waals surface area contributed by atoms with E-state index in [-0.39, 0.29) is 5.91 Å². The van der Waals surface area contributed by atoms with Crippen molar-refractivity contribution in [2.75, 3.05) is 20.1 Å². The smallest absolute Gasteiger partial charge is 0.223 e. The summed E-state index contributed by atoms with van der Waals surface area (Å²) in [6, 6.07) is 10.7. The summed E-state index contributed by atoms with van der Waals surface area (Å²) in [5.41, 5.74) is 1.21. The van der Waals surface area contributed by atoms with Crippen LogP contribution in [0.1, 0.15) is 37.1 Å². The largest absolute Gasteiger partial charge is 0.335 e. The summed E-state index contributed by atoms with van der Waals surface area (Å²) < 4.78 is 2.12. The Morgan fingerprint density at radius 1 is 1.23 bits per heavy atom. The molecule has 2 aromatic rings. The zero-order valence-electron chi connectivity index (χ0n) is 16.0. The van der Waals surface area contributed by atoms with Gasteiger partial charge in [0.1, 0.15) is 5.82 Å². The highest BCUT2D eigenvalue weighted by Crippen LogP contribution is 2.20. The van der Waals surface area contributed by atoms with Crippen molar-refractivity contribution in [2.45, 2.75) is 51.7 Å². The molecule has 0 unspecified atom stereocenters. The molecule has 0 spiro atoms. The lowest BCUT2D eigenvalue weighted by molar-refractivity contribution is -0.135. The first-order valence-electron chi connectivity index (χ1n) is 9.63. The Kier molecular flexibility index (Phi) is 6.45. The fourth-order valence-corrected chi connectivity index (χ4v) is 3.69. The van der Waals surface area contributed by atoms with Crippen LogP contribution >= 0.6 is 0 Å². The van der Waals surface area contributed by atoms with Gasteiger partial charge < -0.3 is 14.4 Å². The van der Waals surface area contributed by atoms with E-state index in [9.17, 15) is 4.79 Å². The number of hydrogen-bond donors (Lipinski definition) is 0. The molecule has 1 fully saturated rings. The lowest BCUT2D eigenvalue weighted by Crippen LogP contribution is -2.46.